The highest BCUT2D eigenvalue weighted by atomic mass is 32.1. The lowest BCUT2D eigenvalue weighted by atomic mass is 10.1. The fraction of sp³-hybridized carbons (Fsp3) is 0.190. The second-order valence-electron chi connectivity index (χ2n) is 6.52. The van der Waals surface area contributed by atoms with Crippen LogP contribution in [0.1, 0.15) is 26.5 Å². The number of fused-ring (bicyclic) bond motifs is 1. The van der Waals surface area contributed by atoms with Crippen LogP contribution in [0.2, 0.25) is 0 Å². The molecule has 4 aromatic heterocycles. The Kier molecular flexibility index (Phi) is 4.83. The Morgan fingerprint density at radius 1 is 1.25 bits per heavy atom. The van der Waals surface area contributed by atoms with Crippen LogP contribution in [-0.2, 0) is 6.54 Å². The van der Waals surface area contributed by atoms with E-state index in [0.717, 1.165) is 32.7 Å². The first-order chi connectivity index (χ1) is 13.6. The minimum Gasteiger partial charge on any atom is -0.481 e. The minimum absolute atomic E-state index is 0.125. The number of carbonyl (C=O) groups excluding carboxylic acids is 1. The van der Waals surface area contributed by atoms with E-state index >= 15 is 0 Å². The van der Waals surface area contributed by atoms with Gasteiger partial charge in [-0.1, -0.05) is 6.07 Å². The second-order valence-corrected chi connectivity index (χ2v) is 7.52. The molecule has 0 saturated heterocycles. The van der Waals surface area contributed by atoms with Gasteiger partial charge in [-0.3, -0.25) is 4.79 Å². The smallest absolute Gasteiger partial charge is 0.263 e. The van der Waals surface area contributed by atoms with Crippen molar-refractivity contribution < 1.29 is 9.53 Å². The summed E-state index contributed by atoms with van der Waals surface area (Å²) < 4.78 is 7.05. The molecule has 0 unspecified atom stereocenters. The lowest BCUT2D eigenvalue weighted by molar-refractivity contribution is 0.0955. The van der Waals surface area contributed by atoms with Crippen molar-refractivity contribution in [3.05, 3.63) is 70.6 Å². The third kappa shape index (κ3) is 3.36. The maximum absolute atomic E-state index is 13.0. The van der Waals surface area contributed by atoms with Crippen LogP contribution in [-0.4, -0.2) is 27.6 Å². The minimum atomic E-state index is -0.125. The van der Waals surface area contributed by atoms with Gasteiger partial charge in [0.1, 0.15) is 9.71 Å². The Bertz CT molecular complexity index is 1130. The van der Waals surface area contributed by atoms with E-state index in [1.54, 1.807) is 19.4 Å². The van der Waals surface area contributed by atoms with Crippen molar-refractivity contribution in [2.75, 3.05) is 7.11 Å². The van der Waals surface area contributed by atoms with Gasteiger partial charge in [0, 0.05) is 42.3 Å². The number of carbonyl (C=O) groups is 1. The van der Waals surface area contributed by atoms with Crippen LogP contribution in [0, 0.1) is 13.8 Å². The van der Waals surface area contributed by atoms with E-state index in [9.17, 15) is 4.79 Å². The molecular formula is C21H20N4O2S. The summed E-state index contributed by atoms with van der Waals surface area (Å²) in [5.41, 5.74) is 3.84. The SMILES string of the molecule is COc1ccc(CNC(=O)c2sc3nc(C)cc(C)c3c2-n2cccc2)cn1. The molecule has 4 aromatic rings. The maximum Gasteiger partial charge on any atom is 0.263 e. The van der Waals surface area contributed by atoms with Gasteiger partial charge in [0.2, 0.25) is 5.88 Å². The fourth-order valence-electron chi connectivity index (χ4n) is 3.21. The molecule has 1 amide bonds. The number of pyridine rings is 2. The summed E-state index contributed by atoms with van der Waals surface area (Å²) in [4.78, 5) is 23.4. The third-order valence-electron chi connectivity index (χ3n) is 4.49. The fourth-order valence-corrected chi connectivity index (χ4v) is 4.42. The van der Waals surface area contributed by atoms with E-state index < -0.39 is 0 Å². The van der Waals surface area contributed by atoms with Gasteiger partial charge >= 0.3 is 0 Å². The number of hydrogen-bond acceptors (Lipinski definition) is 5. The van der Waals surface area contributed by atoms with Crippen LogP contribution < -0.4 is 10.1 Å². The molecule has 1 N–H and O–H groups in total. The Hall–Kier alpha value is -3.19. The van der Waals surface area contributed by atoms with Crippen molar-refractivity contribution in [3.8, 4) is 11.6 Å². The van der Waals surface area contributed by atoms with Gasteiger partial charge in [-0.25, -0.2) is 9.97 Å². The van der Waals surface area contributed by atoms with Gasteiger partial charge in [0.05, 0.1) is 12.8 Å². The summed E-state index contributed by atoms with van der Waals surface area (Å²) in [6.07, 6.45) is 5.60. The Balaban J connectivity index is 1.69. The molecule has 0 radical (unpaired) electrons. The molecular weight excluding hydrogens is 372 g/mol. The molecule has 0 atom stereocenters. The standard InChI is InChI=1S/C21H20N4O2S/c1-13-10-14(2)24-21-17(13)18(25-8-4-5-9-25)19(28-21)20(26)23-12-15-6-7-16(27-3)22-11-15/h4-11H,12H2,1-3H3,(H,23,26). The highest BCUT2D eigenvalue weighted by molar-refractivity contribution is 7.21. The molecule has 0 aromatic carbocycles. The number of ether oxygens (including phenoxy) is 1. The topological polar surface area (TPSA) is 69.0 Å². The van der Waals surface area contributed by atoms with Gasteiger partial charge < -0.3 is 14.6 Å². The van der Waals surface area contributed by atoms with E-state index in [2.05, 4.69) is 22.2 Å². The molecule has 7 heteroatoms. The lowest BCUT2D eigenvalue weighted by Gasteiger charge is -2.09. The normalized spacial score (nSPS) is 11.0. The average molecular weight is 392 g/mol. The number of nitrogens with one attached hydrogen (secondary N) is 1. The van der Waals surface area contributed by atoms with Crippen molar-refractivity contribution in [2.45, 2.75) is 20.4 Å². The summed E-state index contributed by atoms with van der Waals surface area (Å²) >= 11 is 1.42. The maximum atomic E-state index is 13.0. The number of nitrogens with zero attached hydrogens (tertiary/aromatic N) is 3. The zero-order valence-electron chi connectivity index (χ0n) is 15.9. The highest BCUT2D eigenvalue weighted by Gasteiger charge is 2.22. The molecule has 0 fully saturated rings. The van der Waals surface area contributed by atoms with Crippen molar-refractivity contribution in [1.29, 1.82) is 0 Å². The van der Waals surface area contributed by atoms with Crippen LogP contribution in [0.3, 0.4) is 0 Å². The Morgan fingerprint density at radius 3 is 2.71 bits per heavy atom. The van der Waals surface area contributed by atoms with E-state index in [0.29, 0.717) is 17.3 Å². The first-order valence-corrected chi connectivity index (χ1v) is 9.69. The van der Waals surface area contributed by atoms with Crippen molar-refractivity contribution in [3.63, 3.8) is 0 Å². The number of aryl methyl sites for hydroxylation is 2. The van der Waals surface area contributed by atoms with E-state index in [4.69, 9.17) is 4.74 Å². The number of methoxy groups -OCH3 is 1. The molecule has 0 aliphatic carbocycles. The van der Waals surface area contributed by atoms with Gasteiger partial charge in [-0.05, 0) is 43.2 Å². The van der Waals surface area contributed by atoms with Crippen LogP contribution in [0.25, 0.3) is 15.9 Å². The van der Waals surface area contributed by atoms with E-state index in [1.807, 2.05) is 48.1 Å². The summed E-state index contributed by atoms with van der Waals surface area (Å²) in [6, 6.07) is 9.62. The van der Waals surface area contributed by atoms with Gasteiger partial charge in [0.25, 0.3) is 5.91 Å². The van der Waals surface area contributed by atoms with E-state index in [-0.39, 0.29) is 5.91 Å². The number of rotatable bonds is 5. The molecule has 0 spiro atoms. The van der Waals surface area contributed by atoms with Crippen molar-refractivity contribution in [1.82, 2.24) is 19.9 Å². The molecule has 0 aliphatic rings. The first-order valence-electron chi connectivity index (χ1n) is 8.88. The monoisotopic (exact) mass is 392 g/mol. The largest absolute Gasteiger partial charge is 0.481 e. The summed E-state index contributed by atoms with van der Waals surface area (Å²) in [7, 11) is 1.58. The summed E-state index contributed by atoms with van der Waals surface area (Å²) in [6.45, 7) is 4.42. The third-order valence-corrected chi connectivity index (χ3v) is 5.56. The summed E-state index contributed by atoms with van der Waals surface area (Å²) in [5, 5.41) is 4.02. The molecule has 28 heavy (non-hydrogen) atoms. The Labute approximate surface area is 166 Å². The molecule has 4 heterocycles. The first kappa shape index (κ1) is 18.2. The van der Waals surface area contributed by atoms with Crippen LogP contribution in [0.4, 0.5) is 0 Å². The zero-order valence-corrected chi connectivity index (χ0v) is 16.7. The van der Waals surface area contributed by atoms with Crippen molar-refractivity contribution in [2.24, 2.45) is 0 Å². The molecule has 4 rings (SSSR count). The van der Waals surface area contributed by atoms with Crippen LogP contribution >= 0.6 is 11.3 Å². The highest BCUT2D eigenvalue weighted by Crippen LogP contribution is 2.35. The Morgan fingerprint density at radius 2 is 2.04 bits per heavy atom. The lowest BCUT2D eigenvalue weighted by Crippen LogP contribution is -2.23. The molecule has 142 valence electrons. The number of aromatic nitrogens is 3. The van der Waals surface area contributed by atoms with Crippen LogP contribution in [0.5, 0.6) is 5.88 Å². The predicted octanol–water partition coefficient (Wildman–Crippen LogP) is 4.04. The number of amides is 1. The quantitative estimate of drug-likeness (QED) is 0.557. The predicted molar refractivity (Wildman–Crippen MR) is 110 cm³/mol. The number of thiophene rings is 1. The molecule has 0 aliphatic heterocycles. The van der Waals surface area contributed by atoms with E-state index in [1.165, 1.54) is 11.3 Å². The molecule has 6 nitrogen and oxygen atoms in total. The average Bonchev–Trinajstić information content (AvgIpc) is 3.33. The summed E-state index contributed by atoms with van der Waals surface area (Å²) in [5.74, 6) is 0.422. The molecule has 0 saturated carbocycles. The second kappa shape index (κ2) is 7.44. The van der Waals surface area contributed by atoms with Gasteiger partial charge in [-0.2, -0.15) is 0 Å². The van der Waals surface area contributed by atoms with Crippen LogP contribution in [0.15, 0.2) is 48.9 Å². The number of hydrogen-bond donors (Lipinski definition) is 1. The molecule has 0 bridgehead atoms. The van der Waals surface area contributed by atoms with Crippen molar-refractivity contribution >= 4 is 27.5 Å². The van der Waals surface area contributed by atoms with Gasteiger partial charge in [-0.15, -0.1) is 11.3 Å². The zero-order chi connectivity index (χ0) is 19.7. The van der Waals surface area contributed by atoms with Gasteiger partial charge in [0.15, 0.2) is 0 Å².